The molecule has 1 aromatic rings. The molecule has 0 aromatic carbocycles. The van der Waals surface area contributed by atoms with Crippen molar-refractivity contribution < 1.29 is 4.39 Å². The molecule has 1 aromatic heterocycles. The Labute approximate surface area is 90.9 Å². The van der Waals surface area contributed by atoms with Crippen LogP contribution in [0.25, 0.3) is 0 Å². The fourth-order valence-corrected chi connectivity index (χ4v) is 1.62. The van der Waals surface area contributed by atoms with Gasteiger partial charge in [0.2, 0.25) is 0 Å². The topological polar surface area (TPSA) is 24.9 Å². The Balaban J connectivity index is 2.83. The molecule has 1 rings (SSSR count). The van der Waals surface area contributed by atoms with Gasteiger partial charge in [0, 0.05) is 12.2 Å². The molecular weight excluding hydrogens is 191 g/mol. The van der Waals surface area contributed by atoms with E-state index in [-0.39, 0.29) is 17.3 Å². The largest absolute Gasteiger partial charge is 0.313 e. The maximum absolute atomic E-state index is 13.0. The summed E-state index contributed by atoms with van der Waals surface area (Å²) in [6.07, 6.45) is 3.90. The van der Waals surface area contributed by atoms with Gasteiger partial charge in [-0.15, -0.1) is 0 Å². The average Bonchev–Trinajstić information content (AvgIpc) is 2.13. The van der Waals surface area contributed by atoms with Crippen molar-refractivity contribution in [1.29, 1.82) is 0 Å². The number of halogens is 1. The van der Waals surface area contributed by atoms with Crippen LogP contribution >= 0.6 is 0 Å². The van der Waals surface area contributed by atoms with Crippen LogP contribution in [0, 0.1) is 11.2 Å². The monoisotopic (exact) mass is 210 g/mol. The van der Waals surface area contributed by atoms with E-state index in [0.717, 1.165) is 12.0 Å². The van der Waals surface area contributed by atoms with Gasteiger partial charge < -0.3 is 5.32 Å². The minimum Gasteiger partial charge on any atom is -0.313 e. The molecule has 0 saturated carbocycles. The molecule has 0 aliphatic heterocycles. The molecule has 0 saturated heterocycles. The van der Waals surface area contributed by atoms with Crippen LogP contribution < -0.4 is 5.32 Å². The molecule has 3 heteroatoms. The van der Waals surface area contributed by atoms with Crippen LogP contribution in [0.15, 0.2) is 18.5 Å². The summed E-state index contributed by atoms with van der Waals surface area (Å²) in [4.78, 5) is 3.87. The lowest BCUT2D eigenvalue weighted by molar-refractivity contribution is 0.320. The Hall–Kier alpha value is -0.960. The quantitative estimate of drug-likeness (QED) is 0.829. The standard InChI is InChI=1S/C12H19FN2/c1-12(2,3)6-11(14-4)9-5-10(13)8-15-7-9/h5,7-8,11,14H,6H2,1-4H3. The van der Waals surface area contributed by atoms with Crippen molar-refractivity contribution in [1.82, 2.24) is 10.3 Å². The van der Waals surface area contributed by atoms with Gasteiger partial charge in [-0.25, -0.2) is 4.39 Å². The molecule has 2 nitrogen and oxygen atoms in total. The van der Waals surface area contributed by atoms with Crippen LogP contribution in [0.5, 0.6) is 0 Å². The number of hydrogen-bond donors (Lipinski definition) is 1. The minimum atomic E-state index is -0.276. The summed E-state index contributed by atoms with van der Waals surface area (Å²) in [5.41, 5.74) is 1.12. The van der Waals surface area contributed by atoms with Crippen LogP contribution in [0.4, 0.5) is 4.39 Å². The zero-order valence-corrected chi connectivity index (χ0v) is 9.84. The van der Waals surface area contributed by atoms with E-state index in [0.29, 0.717) is 0 Å². The summed E-state index contributed by atoms with van der Waals surface area (Å²) in [7, 11) is 1.89. The Kier molecular flexibility index (Phi) is 3.80. The lowest BCUT2D eigenvalue weighted by atomic mass is 9.86. The second-order valence-electron chi connectivity index (χ2n) is 5.04. The SMILES string of the molecule is CNC(CC(C)(C)C)c1cncc(F)c1. The molecule has 1 heterocycles. The van der Waals surface area contributed by atoms with Gasteiger partial charge in [-0.1, -0.05) is 20.8 Å². The zero-order valence-electron chi connectivity index (χ0n) is 9.84. The van der Waals surface area contributed by atoms with Gasteiger partial charge in [-0.2, -0.15) is 0 Å². The van der Waals surface area contributed by atoms with E-state index in [4.69, 9.17) is 0 Å². The van der Waals surface area contributed by atoms with Gasteiger partial charge in [-0.05, 0) is 30.5 Å². The second kappa shape index (κ2) is 4.71. The van der Waals surface area contributed by atoms with E-state index in [2.05, 4.69) is 31.1 Å². The first kappa shape index (κ1) is 12.1. The Bertz CT molecular complexity index is 318. The number of nitrogens with one attached hydrogen (secondary N) is 1. The fraction of sp³-hybridized carbons (Fsp3) is 0.583. The number of pyridine rings is 1. The summed E-state index contributed by atoms with van der Waals surface area (Å²) in [6, 6.07) is 1.70. The second-order valence-corrected chi connectivity index (χ2v) is 5.04. The Morgan fingerprint density at radius 2 is 2.07 bits per heavy atom. The summed E-state index contributed by atoms with van der Waals surface area (Å²) in [5.74, 6) is -0.276. The maximum Gasteiger partial charge on any atom is 0.141 e. The molecule has 1 unspecified atom stereocenters. The van der Waals surface area contributed by atoms with Gasteiger partial charge in [0.1, 0.15) is 5.82 Å². The van der Waals surface area contributed by atoms with Crippen LogP contribution in [0.1, 0.15) is 38.8 Å². The van der Waals surface area contributed by atoms with Crippen LogP contribution in [0.3, 0.4) is 0 Å². The lowest BCUT2D eigenvalue weighted by Gasteiger charge is -2.25. The van der Waals surface area contributed by atoms with Crippen molar-refractivity contribution in [2.24, 2.45) is 5.41 Å². The molecule has 1 N–H and O–H groups in total. The van der Waals surface area contributed by atoms with Gasteiger partial charge in [0.15, 0.2) is 0 Å². The van der Waals surface area contributed by atoms with Crippen molar-refractivity contribution in [3.63, 3.8) is 0 Å². The molecule has 0 fully saturated rings. The van der Waals surface area contributed by atoms with Gasteiger partial charge in [0.25, 0.3) is 0 Å². The predicted molar refractivity (Wildman–Crippen MR) is 60.1 cm³/mol. The number of nitrogens with zero attached hydrogens (tertiary/aromatic N) is 1. The van der Waals surface area contributed by atoms with Gasteiger partial charge >= 0.3 is 0 Å². The highest BCUT2D eigenvalue weighted by atomic mass is 19.1. The lowest BCUT2D eigenvalue weighted by Crippen LogP contribution is -2.22. The van der Waals surface area contributed by atoms with E-state index < -0.39 is 0 Å². The first-order chi connectivity index (χ1) is 6.92. The van der Waals surface area contributed by atoms with Crippen LogP contribution in [-0.2, 0) is 0 Å². The summed E-state index contributed by atoms with van der Waals surface area (Å²) < 4.78 is 13.0. The molecule has 0 aliphatic rings. The summed E-state index contributed by atoms with van der Waals surface area (Å²) in [5, 5.41) is 3.20. The van der Waals surface area contributed by atoms with E-state index >= 15 is 0 Å². The number of aromatic nitrogens is 1. The average molecular weight is 210 g/mol. The van der Waals surface area contributed by atoms with Gasteiger partial charge in [-0.3, -0.25) is 4.98 Å². The first-order valence-corrected chi connectivity index (χ1v) is 5.20. The molecule has 15 heavy (non-hydrogen) atoms. The molecule has 1 atom stereocenters. The van der Waals surface area contributed by atoms with E-state index in [1.807, 2.05) is 7.05 Å². The highest BCUT2D eigenvalue weighted by Gasteiger charge is 2.19. The van der Waals surface area contributed by atoms with Crippen molar-refractivity contribution >= 4 is 0 Å². The zero-order chi connectivity index (χ0) is 11.5. The van der Waals surface area contributed by atoms with Crippen molar-refractivity contribution in [2.75, 3.05) is 7.05 Å². The molecule has 84 valence electrons. The predicted octanol–water partition coefficient (Wildman–Crippen LogP) is 2.92. The summed E-state index contributed by atoms with van der Waals surface area (Å²) in [6.45, 7) is 6.51. The van der Waals surface area contributed by atoms with Crippen molar-refractivity contribution in [2.45, 2.75) is 33.2 Å². The minimum absolute atomic E-state index is 0.160. The molecule has 0 radical (unpaired) electrons. The highest BCUT2D eigenvalue weighted by Crippen LogP contribution is 2.28. The third-order valence-electron chi connectivity index (χ3n) is 2.29. The molecular formula is C12H19FN2. The summed E-state index contributed by atoms with van der Waals surface area (Å²) >= 11 is 0. The third kappa shape index (κ3) is 3.96. The number of rotatable bonds is 3. The molecule has 0 bridgehead atoms. The normalized spacial score (nSPS) is 13.9. The molecule has 0 aliphatic carbocycles. The first-order valence-electron chi connectivity index (χ1n) is 5.20. The highest BCUT2D eigenvalue weighted by molar-refractivity contribution is 5.15. The third-order valence-corrected chi connectivity index (χ3v) is 2.29. The molecule has 0 amide bonds. The van der Waals surface area contributed by atoms with Crippen LogP contribution in [-0.4, -0.2) is 12.0 Å². The van der Waals surface area contributed by atoms with Gasteiger partial charge in [0.05, 0.1) is 6.20 Å². The molecule has 0 spiro atoms. The van der Waals surface area contributed by atoms with Crippen molar-refractivity contribution in [3.05, 3.63) is 29.8 Å². The van der Waals surface area contributed by atoms with Crippen molar-refractivity contribution in [3.8, 4) is 0 Å². The van der Waals surface area contributed by atoms with E-state index in [1.165, 1.54) is 6.20 Å². The maximum atomic E-state index is 13.0. The fourth-order valence-electron chi connectivity index (χ4n) is 1.62. The number of hydrogen-bond acceptors (Lipinski definition) is 2. The van der Waals surface area contributed by atoms with E-state index in [9.17, 15) is 4.39 Å². The van der Waals surface area contributed by atoms with E-state index in [1.54, 1.807) is 12.3 Å². The Morgan fingerprint density at radius 3 is 2.53 bits per heavy atom. The Morgan fingerprint density at radius 1 is 1.40 bits per heavy atom. The van der Waals surface area contributed by atoms with Crippen LogP contribution in [0.2, 0.25) is 0 Å². The smallest absolute Gasteiger partial charge is 0.141 e.